The summed E-state index contributed by atoms with van der Waals surface area (Å²) in [5, 5.41) is 13.0. The molecule has 1 aromatic carbocycles. The summed E-state index contributed by atoms with van der Waals surface area (Å²) in [6.07, 6.45) is -0.658. The summed E-state index contributed by atoms with van der Waals surface area (Å²) in [4.78, 5) is 2.32. The van der Waals surface area contributed by atoms with Crippen LogP contribution in [-0.4, -0.2) is 68.7 Å². The maximum absolute atomic E-state index is 13.3. The van der Waals surface area contributed by atoms with Gasteiger partial charge in [-0.25, -0.2) is 4.39 Å². The lowest BCUT2D eigenvalue weighted by atomic mass is 10.3. The zero-order valence-electron chi connectivity index (χ0n) is 12.1. The molecule has 1 unspecified atom stereocenters. The number of nitrogens with zero attached hydrogens (tertiary/aromatic N) is 1. The van der Waals surface area contributed by atoms with E-state index in [2.05, 4.69) is 10.2 Å². The molecule has 1 aliphatic heterocycles. The highest BCUT2D eigenvalue weighted by molar-refractivity contribution is 5.23. The van der Waals surface area contributed by atoms with Gasteiger partial charge < -0.3 is 19.9 Å². The Morgan fingerprint density at radius 2 is 2.10 bits per heavy atom. The summed E-state index contributed by atoms with van der Waals surface area (Å²) in [5.41, 5.74) is 0. The molecule has 118 valence electrons. The van der Waals surface area contributed by atoms with Gasteiger partial charge in [0.1, 0.15) is 12.7 Å². The summed E-state index contributed by atoms with van der Waals surface area (Å²) in [7, 11) is 0. The van der Waals surface area contributed by atoms with Crippen LogP contribution in [-0.2, 0) is 4.74 Å². The molecule has 1 atom stereocenters. The van der Waals surface area contributed by atoms with Crippen molar-refractivity contribution in [2.24, 2.45) is 0 Å². The third-order valence-electron chi connectivity index (χ3n) is 3.36. The summed E-state index contributed by atoms with van der Waals surface area (Å²) in [6, 6.07) is 6.19. The number of nitrogens with one attached hydrogen (secondary N) is 1. The predicted octanol–water partition coefficient (Wildman–Crippen LogP) is 0.487. The smallest absolute Gasteiger partial charge is 0.165 e. The molecular weight excluding hydrogens is 275 g/mol. The van der Waals surface area contributed by atoms with Crippen LogP contribution in [0, 0.1) is 5.82 Å². The third kappa shape index (κ3) is 5.97. The number of halogens is 1. The van der Waals surface area contributed by atoms with Crippen LogP contribution in [0.4, 0.5) is 4.39 Å². The lowest BCUT2D eigenvalue weighted by Crippen LogP contribution is -2.42. The number of hydrogen-bond acceptors (Lipinski definition) is 5. The SMILES string of the molecule is OC(CNCCN1CCOCC1)COc1ccccc1F. The molecule has 1 heterocycles. The van der Waals surface area contributed by atoms with E-state index in [1.807, 2.05) is 0 Å². The Morgan fingerprint density at radius 3 is 2.86 bits per heavy atom. The maximum atomic E-state index is 13.3. The number of hydrogen-bond donors (Lipinski definition) is 2. The van der Waals surface area contributed by atoms with Crippen LogP contribution in [0.3, 0.4) is 0 Å². The van der Waals surface area contributed by atoms with Gasteiger partial charge in [-0.2, -0.15) is 0 Å². The van der Waals surface area contributed by atoms with Crippen molar-refractivity contribution in [3.8, 4) is 5.75 Å². The Bertz CT molecular complexity index is 414. The Labute approximate surface area is 124 Å². The highest BCUT2D eigenvalue weighted by Crippen LogP contribution is 2.15. The van der Waals surface area contributed by atoms with Crippen LogP contribution >= 0.6 is 0 Å². The summed E-state index contributed by atoms with van der Waals surface area (Å²) >= 11 is 0. The minimum absolute atomic E-state index is 0.0749. The number of ether oxygens (including phenoxy) is 2. The molecule has 1 fully saturated rings. The molecule has 0 aromatic heterocycles. The first-order chi connectivity index (χ1) is 10.3. The van der Waals surface area contributed by atoms with Crippen LogP contribution in [0.25, 0.3) is 0 Å². The van der Waals surface area contributed by atoms with Crippen LogP contribution < -0.4 is 10.1 Å². The fourth-order valence-electron chi connectivity index (χ4n) is 2.14. The van der Waals surface area contributed by atoms with E-state index in [0.29, 0.717) is 6.54 Å². The molecule has 5 nitrogen and oxygen atoms in total. The highest BCUT2D eigenvalue weighted by atomic mass is 19.1. The van der Waals surface area contributed by atoms with Crippen molar-refractivity contribution in [3.05, 3.63) is 30.1 Å². The van der Waals surface area contributed by atoms with E-state index in [1.54, 1.807) is 18.2 Å². The monoisotopic (exact) mass is 298 g/mol. The Balaban J connectivity index is 1.55. The van der Waals surface area contributed by atoms with Crippen LogP contribution in [0.5, 0.6) is 5.75 Å². The fourth-order valence-corrected chi connectivity index (χ4v) is 2.14. The normalized spacial score (nSPS) is 17.6. The molecular formula is C15H23FN2O3. The van der Waals surface area contributed by atoms with E-state index in [4.69, 9.17) is 9.47 Å². The van der Waals surface area contributed by atoms with Crippen molar-refractivity contribution in [1.29, 1.82) is 0 Å². The molecule has 21 heavy (non-hydrogen) atoms. The number of benzene rings is 1. The third-order valence-corrected chi connectivity index (χ3v) is 3.36. The summed E-state index contributed by atoms with van der Waals surface area (Å²) in [5.74, 6) is -0.241. The van der Waals surface area contributed by atoms with Gasteiger partial charge in [-0.05, 0) is 12.1 Å². The lowest BCUT2D eigenvalue weighted by molar-refractivity contribution is 0.0376. The highest BCUT2D eigenvalue weighted by Gasteiger charge is 2.10. The van der Waals surface area contributed by atoms with Crippen molar-refractivity contribution >= 4 is 0 Å². The molecule has 0 radical (unpaired) electrons. The zero-order chi connectivity index (χ0) is 14.9. The standard InChI is InChI=1S/C15H23FN2O3/c16-14-3-1-2-4-15(14)21-12-13(19)11-17-5-6-18-7-9-20-10-8-18/h1-4,13,17,19H,5-12H2. The second-order valence-electron chi connectivity index (χ2n) is 5.05. The molecule has 1 aliphatic rings. The van der Waals surface area contributed by atoms with Gasteiger partial charge in [-0.15, -0.1) is 0 Å². The lowest BCUT2D eigenvalue weighted by Gasteiger charge is -2.26. The molecule has 1 saturated heterocycles. The minimum atomic E-state index is -0.658. The predicted molar refractivity (Wildman–Crippen MR) is 78.0 cm³/mol. The number of aliphatic hydroxyl groups excluding tert-OH is 1. The van der Waals surface area contributed by atoms with Gasteiger partial charge in [0.15, 0.2) is 11.6 Å². The van der Waals surface area contributed by atoms with Crippen molar-refractivity contribution in [3.63, 3.8) is 0 Å². The van der Waals surface area contributed by atoms with Gasteiger partial charge in [0, 0.05) is 32.7 Å². The molecule has 0 amide bonds. The van der Waals surface area contributed by atoms with Crippen molar-refractivity contribution in [2.45, 2.75) is 6.10 Å². The van der Waals surface area contributed by atoms with Crippen molar-refractivity contribution in [1.82, 2.24) is 10.2 Å². The van der Waals surface area contributed by atoms with Gasteiger partial charge >= 0.3 is 0 Å². The largest absolute Gasteiger partial charge is 0.488 e. The van der Waals surface area contributed by atoms with Crippen LogP contribution in [0.2, 0.25) is 0 Å². The van der Waals surface area contributed by atoms with E-state index in [-0.39, 0.29) is 12.4 Å². The second-order valence-corrected chi connectivity index (χ2v) is 5.05. The van der Waals surface area contributed by atoms with E-state index in [9.17, 15) is 9.50 Å². The number of para-hydroxylation sites is 1. The van der Waals surface area contributed by atoms with Crippen LogP contribution in [0.15, 0.2) is 24.3 Å². The molecule has 0 aliphatic carbocycles. The van der Waals surface area contributed by atoms with E-state index < -0.39 is 11.9 Å². The number of rotatable bonds is 8. The quantitative estimate of drug-likeness (QED) is 0.684. The molecule has 1 aromatic rings. The molecule has 2 N–H and O–H groups in total. The molecule has 0 spiro atoms. The Hall–Kier alpha value is -1.21. The molecule has 6 heteroatoms. The molecule has 2 rings (SSSR count). The van der Waals surface area contributed by atoms with Gasteiger partial charge in [0.2, 0.25) is 0 Å². The van der Waals surface area contributed by atoms with Gasteiger partial charge in [0.05, 0.1) is 13.2 Å². The van der Waals surface area contributed by atoms with E-state index in [0.717, 1.165) is 39.4 Å². The average molecular weight is 298 g/mol. The van der Waals surface area contributed by atoms with Crippen molar-refractivity contribution < 1.29 is 19.0 Å². The van der Waals surface area contributed by atoms with Crippen LogP contribution in [0.1, 0.15) is 0 Å². The average Bonchev–Trinajstić information content (AvgIpc) is 2.52. The second kappa shape index (κ2) is 8.94. The van der Waals surface area contributed by atoms with Gasteiger partial charge in [0.25, 0.3) is 0 Å². The first kappa shape index (κ1) is 16.2. The zero-order valence-corrected chi connectivity index (χ0v) is 12.1. The maximum Gasteiger partial charge on any atom is 0.165 e. The fraction of sp³-hybridized carbons (Fsp3) is 0.600. The summed E-state index contributed by atoms with van der Waals surface area (Å²) in [6.45, 7) is 5.74. The van der Waals surface area contributed by atoms with Crippen molar-refractivity contribution in [2.75, 3.05) is 52.5 Å². The minimum Gasteiger partial charge on any atom is -0.488 e. The molecule has 0 bridgehead atoms. The Kier molecular flexibility index (Phi) is 6.88. The van der Waals surface area contributed by atoms with Gasteiger partial charge in [-0.1, -0.05) is 12.1 Å². The first-order valence-electron chi connectivity index (χ1n) is 7.32. The van der Waals surface area contributed by atoms with E-state index in [1.165, 1.54) is 6.07 Å². The molecule has 0 saturated carbocycles. The number of morpholine rings is 1. The van der Waals surface area contributed by atoms with E-state index >= 15 is 0 Å². The Morgan fingerprint density at radius 1 is 1.33 bits per heavy atom. The topological polar surface area (TPSA) is 54.0 Å². The first-order valence-corrected chi connectivity index (χ1v) is 7.32. The van der Waals surface area contributed by atoms with Gasteiger partial charge in [-0.3, -0.25) is 4.90 Å². The number of aliphatic hydroxyl groups is 1. The summed E-state index contributed by atoms with van der Waals surface area (Å²) < 4.78 is 23.8.